The molecule has 2 heterocycles. The topological polar surface area (TPSA) is 190 Å². The van der Waals surface area contributed by atoms with Crippen LogP contribution in [0.5, 0.6) is 0 Å². The number of aliphatic carboxylic acids is 2. The number of aliphatic hydroxyl groups is 4. The molecule has 15 unspecified atom stereocenters. The highest BCUT2D eigenvalue weighted by Gasteiger charge is 2.76. The predicted molar refractivity (Wildman–Crippen MR) is 207 cm³/mol. The molecule has 1 aromatic rings. The summed E-state index contributed by atoms with van der Waals surface area (Å²) in [6.45, 7) is 13.6. The summed E-state index contributed by atoms with van der Waals surface area (Å²) in [5.41, 5.74) is 0.255. The van der Waals surface area contributed by atoms with E-state index in [0.29, 0.717) is 25.7 Å². The van der Waals surface area contributed by atoms with E-state index in [1.54, 1.807) is 0 Å². The average molecular weight is 780 g/mol. The number of aryl methyl sites for hydroxylation is 2. The van der Waals surface area contributed by atoms with Crippen LogP contribution in [0.15, 0.2) is 36.2 Å². The smallest absolute Gasteiger partial charge is 0.335 e. The molecule has 0 radical (unpaired) electrons. The zero-order chi connectivity index (χ0) is 40.4. The zero-order valence-electron chi connectivity index (χ0n) is 34.1. The Labute approximate surface area is 330 Å². The van der Waals surface area contributed by atoms with Crippen LogP contribution in [0.4, 0.5) is 0 Å². The SMILES string of the molecule is CCc1c[nH]cc1CCC12CCC(OC3OC(C(=O)O)C(O)C(O)C3O)C(C)(C)C1CCC1(C)C2CC=C2C1(C)CCC1(C(=O)O)CCC3(C)CC=CC21C3O. The number of aromatic amines is 1. The lowest BCUT2D eigenvalue weighted by Gasteiger charge is -2.74. The van der Waals surface area contributed by atoms with Gasteiger partial charge in [-0.15, -0.1) is 0 Å². The third-order valence-electron chi connectivity index (χ3n) is 18.3. The third-order valence-corrected chi connectivity index (χ3v) is 18.3. The van der Waals surface area contributed by atoms with Gasteiger partial charge < -0.3 is 45.1 Å². The maximum Gasteiger partial charge on any atom is 0.335 e. The lowest BCUT2D eigenvalue weighted by molar-refractivity contribution is -0.325. The van der Waals surface area contributed by atoms with E-state index in [1.807, 2.05) is 0 Å². The zero-order valence-corrected chi connectivity index (χ0v) is 34.1. The standard InChI is InChI=1S/C45H65NO10/c1-7-25-23-46-24-26(25)11-17-43-18-13-30(55-36-33(49)31(47)32(48)34(56-36)35(50)51)39(2,3)27(43)12-16-41(5)28(43)9-10-29-42(41,6)20-22-44(38(53)54)21-19-40(4)14-8-15-45(29,44)37(40)52/h8,10,15,23-24,27-28,30-34,36-37,46-49,52H,7,9,11-14,16-22H2,1-6H3,(H,50,51)(H,53,54). The monoisotopic (exact) mass is 779 g/mol. The highest BCUT2D eigenvalue weighted by molar-refractivity contribution is 5.79. The minimum Gasteiger partial charge on any atom is -0.481 e. The van der Waals surface area contributed by atoms with Gasteiger partial charge in [0.15, 0.2) is 12.4 Å². The van der Waals surface area contributed by atoms with E-state index in [0.717, 1.165) is 63.4 Å². The number of aliphatic hydroxyl groups excluding tert-OH is 4. The molecule has 2 bridgehead atoms. The average Bonchev–Trinajstić information content (AvgIpc) is 3.61. The first-order valence-corrected chi connectivity index (χ1v) is 21.3. The van der Waals surface area contributed by atoms with E-state index in [9.17, 15) is 40.2 Å². The molecular weight excluding hydrogens is 714 g/mol. The number of nitrogens with one attached hydrogen (secondary N) is 1. The molecule has 310 valence electrons. The maximum atomic E-state index is 13.6. The maximum absolute atomic E-state index is 13.6. The number of ether oxygens (including phenoxy) is 2. The second kappa shape index (κ2) is 13.2. The van der Waals surface area contributed by atoms with Crippen LogP contribution in [0.3, 0.4) is 0 Å². The van der Waals surface area contributed by atoms with Crippen molar-refractivity contribution in [2.45, 2.75) is 168 Å². The first-order chi connectivity index (χ1) is 26.3. The van der Waals surface area contributed by atoms with E-state index in [1.165, 1.54) is 11.1 Å². The quantitative estimate of drug-likeness (QED) is 0.123. The molecule has 7 N–H and O–H groups in total. The molecule has 1 aromatic heterocycles. The second-order valence-corrected chi connectivity index (χ2v) is 20.5. The Morgan fingerprint density at radius 2 is 1.59 bits per heavy atom. The summed E-state index contributed by atoms with van der Waals surface area (Å²) in [6.07, 6.45) is 11.6. The van der Waals surface area contributed by atoms with Crippen LogP contribution >= 0.6 is 0 Å². The number of fused-ring (bicyclic) bond motifs is 6. The van der Waals surface area contributed by atoms with Crippen molar-refractivity contribution in [3.05, 3.63) is 47.3 Å². The Balaban J connectivity index is 1.20. The Morgan fingerprint density at radius 1 is 0.875 bits per heavy atom. The Bertz CT molecular complexity index is 1800. The van der Waals surface area contributed by atoms with E-state index >= 15 is 0 Å². The molecule has 5 fully saturated rings. The number of carboxylic acids is 2. The Kier molecular flexibility index (Phi) is 9.51. The lowest BCUT2D eigenvalue weighted by Crippen LogP contribution is -2.71. The van der Waals surface area contributed by atoms with E-state index < -0.39 is 71.1 Å². The van der Waals surface area contributed by atoms with Crippen LogP contribution < -0.4 is 0 Å². The van der Waals surface area contributed by atoms with Crippen molar-refractivity contribution in [2.75, 3.05) is 0 Å². The van der Waals surface area contributed by atoms with Crippen molar-refractivity contribution in [1.29, 1.82) is 0 Å². The fourth-order valence-electron chi connectivity index (χ4n) is 14.9. The van der Waals surface area contributed by atoms with Crippen LogP contribution in [0, 0.1) is 49.7 Å². The molecule has 15 atom stereocenters. The molecule has 6 aliphatic carbocycles. The highest BCUT2D eigenvalue weighted by Crippen LogP contribution is 2.80. The van der Waals surface area contributed by atoms with Gasteiger partial charge in [-0.1, -0.05) is 65.3 Å². The minimum atomic E-state index is -1.79. The normalized spacial score (nSPS) is 49.1. The summed E-state index contributed by atoms with van der Waals surface area (Å²) in [7, 11) is 0. The molecule has 0 aromatic carbocycles. The van der Waals surface area contributed by atoms with Crippen molar-refractivity contribution < 1.29 is 49.7 Å². The number of rotatable bonds is 8. The molecule has 11 nitrogen and oxygen atoms in total. The number of carbonyl (C=O) groups is 2. The number of allylic oxidation sites excluding steroid dienone is 2. The molecule has 8 rings (SSSR count). The van der Waals surface area contributed by atoms with Crippen LogP contribution in [0.2, 0.25) is 0 Å². The van der Waals surface area contributed by atoms with Gasteiger partial charge in [0.05, 0.1) is 23.0 Å². The Morgan fingerprint density at radius 3 is 2.29 bits per heavy atom. The van der Waals surface area contributed by atoms with Gasteiger partial charge in [-0.2, -0.15) is 0 Å². The third kappa shape index (κ3) is 5.09. The van der Waals surface area contributed by atoms with Gasteiger partial charge >= 0.3 is 11.9 Å². The van der Waals surface area contributed by atoms with Gasteiger partial charge in [-0.25, -0.2) is 4.79 Å². The molecular formula is C45H65NO10. The van der Waals surface area contributed by atoms with Gasteiger partial charge in [0.1, 0.15) is 18.3 Å². The van der Waals surface area contributed by atoms with Gasteiger partial charge in [-0.05, 0) is 134 Å². The highest BCUT2D eigenvalue weighted by atomic mass is 16.7. The molecule has 1 spiro atoms. The molecule has 1 aliphatic heterocycles. The van der Waals surface area contributed by atoms with Crippen molar-refractivity contribution in [3.8, 4) is 0 Å². The van der Waals surface area contributed by atoms with E-state index in [4.69, 9.17) is 9.47 Å². The van der Waals surface area contributed by atoms with E-state index in [-0.39, 0.29) is 33.5 Å². The number of H-pyrrole nitrogens is 1. The molecule has 4 saturated carbocycles. The number of aromatic nitrogens is 1. The van der Waals surface area contributed by atoms with E-state index in [2.05, 4.69) is 77.1 Å². The van der Waals surface area contributed by atoms with Crippen molar-refractivity contribution >= 4 is 11.9 Å². The fraction of sp³-hybridized carbons (Fsp3) is 0.778. The summed E-state index contributed by atoms with van der Waals surface area (Å²) in [4.78, 5) is 28.9. The molecule has 0 amide bonds. The first-order valence-electron chi connectivity index (χ1n) is 21.3. The molecule has 7 aliphatic rings. The van der Waals surface area contributed by atoms with Gasteiger partial charge in [0, 0.05) is 12.4 Å². The van der Waals surface area contributed by atoms with Crippen molar-refractivity contribution in [2.24, 2.45) is 49.7 Å². The minimum absolute atomic E-state index is 0.143. The number of carboxylic acid groups (broad SMARTS) is 2. The first kappa shape index (κ1) is 40.2. The van der Waals surface area contributed by atoms with Crippen LogP contribution in [-0.2, 0) is 31.9 Å². The summed E-state index contributed by atoms with van der Waals surface area (Å²) < 4.78 is 12.2. The van der Waals surface area contributed by atoms with Crippen molar-refractivity contribution in [3.63, 3.8) is 0 Å². The predicted octanol–water partition coefficient (Wildman–Crippen LogP) is 5.93. The van der Waals surface area contributed by atoms with Gasteiger partial charge in [0.2, 0.25) is 0 Å². The summed E-state index contributed by atoms with van der Waals surface area (Å²) in [6, 6.07) is 0. The molecule has 11 heteroatoms. The van der Waals surface area contributed by atoms with Crippen LogP contribution in [0.1, 0.15) is 123 Å². The summed E-state index contributed by atoms with van der Waals surface area (Å²) in [5, 5.41) is 65.3. The molecule has 1 saturated heterocycles. The Hall–Kier alpha value is -2.54. The second-order valence-electron chi connectivity index (χ2n) is 20.5. The largest absolute Gasteiger partial charge is 0.481 e. The van der Waals surface area contributed by atoms with Crippen LogP contribution in [-0.4, -0.2) is 90.5 Å². The van der Waals surface area contributed by atoms with Crippen LogP contribution in [0.25, 0.3) is 0 Å². The number of hydrogen-bond donors (Lipinski definition) is 7. The summed E-state index contributed by atoms with van der Waals surface area (Å²) >= 11 is 0. The fourth-order valence-corrected chi connectivity index (χ4v) is 14.9. The lowest BCUT2D eigenvalue weighted by atomic mass is 9.29. The van der Waals surface area contributed by atoms with Gasteiger partial charge in [0.25, 0.3) is 0 Å². The molecule has 56 heavy (non-hydrogen) atoms. The van der Waals surface area contributed by atoms with Gasteiger partial charge in [-0.3, -0.25) is 4.79 Å². The summed E-state index contributed by atoms with van der Waals surface area (Å²) in [5.74, 6) is -1.79. The van der Waals surface area contributed by atoms with Crippen molar-refractivity contribution in [1.82, 2.24) is 4.98 Å². The number of hydrogen-bond acceptors (Lipinski definition) is 8.